The van der Waals surface area contributed by atoms with Gasteiger partial charge in [0.25, 0.3) is 0 Å². The van der Waals surface area contributed by atoms with E-state index in [9.17, 15) is 5.11 Å². The Morgan fingerprint density at radius 2 is 2.44 bits per heavy atom. The molecule has 0 aliphatic carbocycles. The average Bonchev–Trinajstić information content (AvgIpc) is 2.89. The van der Waals surface area contributed by atoms with Gasteiger partial charge in [0.2, 0.25) is 0 Å². The predicted molar refractivity (Wildman–Crippen MR) is 64.8 cm³/mol. The number of nitrogens with two attached hydrogens (primary N) is 1. The third kappa shape index (κ3) is 2.06. The van der Waals surface area contributed by atoms with Gasteiger partial charge in [-0.25, -0.2) is 4.68 Å². The molecule has 1 aromatic heterocycles. The number of anilines is 1. The Morgan fingerprint density at radius 3 is 2.89 bits per heavy atom. The van der Waals surface area contributed by atoms with Gasteiger partial charge in [0.1, 0.15) is 28.6 Å². The third-order valence-corrected chi connectivity index (χ3v) is 3.55. The highest BCUT2D eigenvalue weighted by atomic mass is 32.2. The van der Waals surface area contributed by atoms with Gasteiger partial charge in [0.15, 0.2) is 6.23 Å². The lowest BCUT2D eigenvalue weighted by Crippen LogP contribution is -2.24. The van der Waals surface area contributed by atoms with Gasteiger partial charge in [-0.05, 0) is 6.26 Å². The van der Waals surface area contributed by atoms with E-state index in [1.54, 1.807) is 6.26 Å². The molecule has 0 amide bonds. The monoisotopic (exact) mass is 270 g/mol. The molecule has 8 heteroatoms. The summed E-state index contributed by atoms with van der Waals surface area (Å²) in [6.07, 6.45) is 0.141. The Bertz CT molecular complexity index is 484. The molecule has 1 saturated heterocycles. The summed E-state index contributed by atoms with van der Waals surface area (Å²) in [5, 5.41) is 32.4. The van der Waals surface area contributed by atoms with Gasteiger partial charge >= 0.3 is 0 Å². The molecule has 0 radical (unpaired) electrons. The van der Waals surface area contributed by atoms with E-state index in [1.165, 1.54) is 16.4 Å². The Kier molecular flexibility index (Phi) is 3.77. The molecule has 1 aliphatic heterocycles. The molecule has 1 fully saturated rings. The predicted octanol–water partition coefficient (Wildman–Crippen LogP) is -0.300. The first-order valence-corrected chi connectivity index (χ1v) is 6.61. The maximum absolute atomic E-state index is 9.66. The van der Waals surface area contributed by atoms with E-state index in [2.05, 4.69) is 5.10 Å². The minimum atomic E-state index is -0.758. The molecule has 2 rings (SSSR count). The molecule has 1 aromatic rings. The molecule has 0 aromatic carbocycles. The number of nitrogen functional groups attached to an aromatic ring is 1. The van der Waals surface area contributed by atoms with Crippen LogP contribution in [0.25, 0.3) is 0 Å². The molecule has 7 nitrogen and oxygen atoms in total. The summed E-state index contributed by atoms with van der Waals surface area (Å²) in [6, 6.07) is 2.00. The van der Waals surface area contributed by atoms with Crippen LogP contribution in [0.3, 0.4) is 0 Å². The second-order valence-electron chi connectivity index (χ2n) is 3.94. The van der Waals surface area contributed by atoms with Crippen molar-refractivity contribution in [2.24, 2.45) is 0 Å². The fraction of sp³-hybridized carbons (Fsp3) is 0.600. The molecule has 1 aliphatic rings. The first kappa shape index (κ1) is 13.2. The van der Waals surface area contributed by atoms with Gasteiger partial charge in [-0.15, -0.1) is 11.8 Å². The highest BCUT2D eigenvalue weighted by molar-refractivity contribution is 7.98. The lowest BCUT2D eigenvalue weighted by atomic mass is 10.2. The van der Waals surface area contributed by atoms with Crippen LogP contribution in [0, 0.1) is 11.3 Å². The van der Waals surface area contributed by atoms with Crippen molar-refractivity contribution in [1.29, 1.82) is 5.26 Å². The standard InChI is InChI=1S/C10H14N4O3S/c1-18-10-5(3-11)9(12)14(13-10)8-2-6(16)7(4-15)17-8/h6-8,15-16H,2,4,12H2,1H3/t6-,7+,8+/m0/s1. The summed E-state index contributed by atoms with van der Waals surface area (Å²) in [6.45, 7) is -0.265. The third-order valence-electron chi connectivity index (χ3n) is 2.88. The molecule has 0 bridgehead atoms. The van der Waals surface area contributed by atoms with Crippen LogP contribution in [0.2, 0.25) is 0 Å². The van der Waals surface area contributed by atoms with E-state index in [1.807, 2.05) is 6.07 Å². The van der Waals surface area contributed by atoms with Crippen molar-refractivity contribution in [2.75, 3.05) is 18.6 Å². The highest BCUT2D eigenvalue weighted by Crippen LogP contribution is 2.33. The summed E-state index contributed by atoms with van der Waals surface area (Å²) in [4.78, 5) is 0. The lowest BCUT2D eigenvalue weighted by molar-refractivity contribution is -0.0479. The van der Waals surface area contributed by atoms with Crippen LogP contribution in [0.1, 0.15) is 18.2 Å². The molecule has 3 atom stereocenters. The number of ether oxygens (including phenoxy) is 1. The summed E-state index contributed by atoms with van der Waals surface area (Å²) in [7, 11) is 0. The fourth-order valence-electron chi connectivity index (χ4n) is 1.92. The van der Waals surface area contributed by atoms with Crippen LogP contribution >= 0.6 is 11.8 Å². The molecule has 18 heavy (non-hydrogen) atoms. The van der Waals surface area contributed by atoms with Crippen molar-refractivity contribution in [2.45, 2.75) is 29.9 Å². The number of nitriles is 1. The van der Waals surface area contributed by atoms with E-state index in [-0.39, 0.29) is 18.8 Å². The molecular formula is C10H14N4O3S. The smallest absolute Gasteiger partial charge is 0.155 e. The second kappa shape index (κ2) is 5.16. The molecule has 2 heterocycles. The molecule has 0 spiro atoms. The van der Waals surface area contributed by atoms with Crippen LogP contribution < -0.4 is 5.73 Å². The summed E-state index contributed by atoms with van der Waals surface area (Å²) < 4.78 is 6.84. The molecule has 0 unspecified atom stereocenters. The summed E-state index contributed by atoms with van der Waals surface area (Å²) in [5.74, 6) is 0.220. The number of hydrogen-bond acceptors (Lipinski definition) is 7. The number of aliphatic hydroxyl groups is 2. The maximum Gasteiger partial charge on any atom is 0.155 e. The molecular weight excluding hydrogens is 256 g/mol. The van der Waals surface area contributed by atoms with Crippen LogP contribution in [-0.4, -0.2) is 45.1 Å². The molecule has 4 N–H and O–H groups in total. The number of aliphatic hydroxyl groups excluding tert-OH is 2. The highest BCUT2D eigenvalue weighted by Gasteiger charge is 2.36. The molecule has 0 saturated carbocycles. The number of nitrogens with zero attached hydrogens (tertiary/aromatic N) is 3. The van der Waals surface area contributed by atoms with Crippen LogP contribution in [-0.2, 0) is 4.74 Å². The van der Waals surface area contributed by atoms with Crippen LogP contribution in [0.4, 0.5) is 5.82 Å². The van der Waals surface area contributed by atoms with Gasteiger partial charge < -0.3 is 20.7 Å². The zero-order chi connectivity index (χ0) is 13.3. The van der Waals surface area contributed by atoms with E-state index >= 15 is 0 Å². The topological polar surface area (TPSA) is 117 Å². The van der Waals surface area contributed by atoms with E-state index in [0.717, 1.165) is 0 Å². The van der Waals surface area contributed by atoms with Gasteiger partial charge in [-0.3, -0.25) is 0 Å². The minimum Gasteiger partial charge on any atom is -0.394 e. The Morgan fingerprint density at radius 1 is 1.72 bits per heavy atom. The largest absolute Gasteiger partial charge is 0.394 e. The van der Waals surface area contributed by atoms with Gasteiger partial charge in [0.05, 0.1) is 12.7 Å². The Balaban J connectivity index is 2.31. The summed E-state index contributed by atoms with van der Waals surface area (Å²) >= 11 is 1.32. The van der Waals surface area contributed by atoms with Crippen molar-refractivity contribution in [3.8, 4) is 6.07 Å². The van der Waals surface area contributed by atoms with Crippen molar-refractivity contribution in [3.63, 3.8) is 0 Å². The first-order valence-electron chi connectivity index (χ1n) is 5.38. The van der Waals surface area contributed by atoms with Crippen molar-refractivity contribution in [3.05, 3.63) is 5.56 Å². The van der Waals surface area contributed by atoms with Crippen LogP contribution in [0.5, 0.6) is 0 Å². The number of thioether (sulfide) groups is 1. The quantitative estimate of drug-likeness (QED) is 0.645. The first-order chi connectivity index (χ1) is 8.62. The van der Waals surface area contributed by atoms with Crippen molar-refractivity contribution < 1.29 is 14.9 Å². The SMILES string of the molecule is CSc1nn([C@H]2C[C@H](O)[C@@H](CO)O2)c(N)c1C#N. The van der Waals surface area contributed by atoms with E-state index in [0.29, 0.717) is 10.6 Å². The zero-order valence-corrected chi connectivity index (χ0v) is 10.6. The Hall–Kier alpha value is -1.27. The lowest BCUT2D eigenvalue weighted by Gasteiger charge is -2.13. The number of rotatable bonds is 3. The van der Waals surface area contributed by atoms with Gasteiger partial charge in [-0.1, -0.05) is 0 Å². The normalized spacial score (nSPS) is 27.3. The van der Waals surface area contributed by atoms with Gasteiger partial charge in [0, 0.05) is 6.42 Å². The zero-order valence-electron chi connectivity index (χ0n) is 9.78. The van der Waals surface area contributed by atoms with Crippen molar-refractivity contribution in [1.82, 2.24) is 9.78 Å². The van der Waals surface area contributed by atoms with E-state index < -0.39 is 18.4 Å². The molecule has 98 valence electrons. The van der Waals surface area contributed by atoms with Crippen molar-refractivity contribution >= 4 is 17.6 Å². The minimum absolute atomic E-state index is 0.220. The summed E-state index contributed by atoms with van der Waals surface area (Å²) in [5.41, 5.74) is 6.16. The fourth-order valence-corrected chi connectivity index (χ4v) is 2.45. The van der Waals surface area contributed by atoms with Gasteiger partial charge in [-0.2, -0.15) is 10.4 Å². The number of hydrogen-bond donors (Lipinski definition) is 3. The van der Waals surface area contributed by atoms with E-state index in [4.69, 9.17) is 20.8 Å². The Labute approximate surface area is 108 Å². The van der Waals surface area contributed by atoms with Crippen LogP contribution in [0.15, 0.2) is 5.03 Å². The average molecular weight is 270 g/mol. The second-order valence-corrected chi connectivity index (χ2v) is 4.74. The number of aromatic nitrogens is 2. The maximum atomic E-state index is 9.66.